The quantitative estimate of drug-likeness (QED) is 0.0250. The molecule has 4 aromatic rings. The third kappa shape index (κ3) is 17.5. The highest BCUT2D eigenvalue weighted by Crippen LogP contribution is 2.41. The van der Waals surface area contributed by atoms with Gasteiger partial charge in [-0.25, -0.2) is 27.3 Å². The molecule has 6 rings (SSSR count). The van der Waals surface area contributed by atoms with Gasteiger partial charge >= 0.3 is 6.09 Å². The number of imidazole rings is 1. The zero-order chi connectivity index (χ0) is 55.8. The van der Waals surface area contributed by atoms with E-state index >= 15 is 8.78 Å². The van der Waals surface area contributed by atoms with Crippen LogP contribution in [0, 0.1) is 34.7 Å². The SMILES string of the molecule is CC(C)C(NC(=O)CCCCCN1C(=O)C=CC1=O)C(=O)NCC(=O)Nc1ccc(COC(=O)NCCSCC(=O)N(C[C@@H]2CNC[C@@H]2F)[C@@H](c2nc(-c3cc(F)ccc3F)cn2Cc2cccc(F)c2)C(C)(C)C)cc1. The number of hydrogen-bond donors (Lipinski definition) is 5. The van der Waals surface area contributed by atoms with Crippen LogP contribution in [0.3, 0.4) is 0 Å². The summed E-state index contributed by atoms with van der Waals surface area (Å²) in [6.07, 6.45) is 3.82. The van der Waals surface area contributed by atoms with Gasteiger partial charge in [0.2, 0.25) is 23.6 Å². The van der Waals surface area contributed by atoms with E-state index in [4.69, 9.17) is 9.72 Å². The molecule has 2 aliphatic rings. The number of ether oxygens (including phenoxy) is 1. The molecular weight excluding hydrogens is 1020 g/mol. The van der Waals surface area contributed by atoms with E-state index in [2.05, 4.69) is 26.6 Å². The normalized spacial score (nSPS) is 16.1. The molecule has 77 heavy (non-hydrogen) atoms. The van der Waals surface area contributed by atoms with Gasteiger partial charge in [0, 0.05) is 87.0 Å². The van der Waals surface area contributed by atoms with E-state index in [1.807, 2.05) is 20.8 Å². The highest BCUT2D eigenvalue weighted by molar-refractivity contribution is 7.99. The molecule has 4 atom stereocenters. The minimum atomic E-state index is -1.24. The number of alkyl carbamates (subject to hydrolysis) is 1. The number of nitrogens with zero attached hydrogens (tertiary/aromatic N) is 4. The average molecular weight is 1090 g/mol. The Morgan fingerprint density at radius 1 is 0.883 bits per heavy atom. The minimum absolute atomic E-state index is 0.0172. The number of nitrogens with one attached hydrogen (secondary N) is 5. The maximum atomic E-state index is 15.3. The standard InChI is InChI=1S/C55H67F4N9O8S/c1-34(2)50(65-45(69)12-7-6-8-22-67-47(71)19-20-48(67)72)53(74)62-28-46(70)63-40-16-13-35(14-17-40)32-76-54(75)61-21-23-77-33-49(73)68(30-37-26-60-27-43(37)59)51(55(3,4)5)52-64-44(41-25-39(57)15-18-42(41)58)31-66(52)29-36-10-9-11-38(56)24-36/h9-11,13-20,24-25,31,34,37,43,50-51,60H,6-8,12,21-23,26-30,32-33H2,1-5H3,(H,61,75)(H,62,74)(H,63,70)(H,65,69)/t37-,43-,50?,51-/m0/s1. The Balaban J connectivity index is 0.961. The van der Waals surface area contributed by atoms with Crippen molar-refractivity contribution < 1.29 is 55.9 Å². The number of anilines is 1. The van der Waals surface area contributed by atoms with Crippen molar-refractivity contribution in [3.8, 4) is 11.3 Å². The molecule has 0 spiro atoms. The molecule has 1 aromatic heterocycles. The van der Waals surface area contributed by atoms with Crippen molar-refractivity contribution in [1.82, 2.24) is 40.6 Å². The molecule has 0 aliphatic carbocycles. The molecule has 0 bridgehead atoms. The highest BCUT2D eigenvalue weighted by atomic mass is 32.2. The van der Waals surface area contributed by atoms with Crippen LogP contribution in [0.1, 0.15) is 83.3 Å². The largest absolute Gasteiger partial charge is 0.445 e. The van der Waals surface area contributed by atoms with Gasteiger partial charge in [-0.2, -0.15) is 11.8 Å². The van der Waals surface area contributed by atoms with Gasteiger partial charge in [0.1, 0.15) is 42.1 Å². The first-order valence-electron chi connectivity index (χ1n) is 25.6. The zero-order valence-electron chi connectivity index (χ0n) is 43.8. The van der Waals surface area contributed by atoms with Crippen LogP contribution in [0.4, 0.5) is 28.0 Å². The van der Waals surface area contributed by atoms with Crippen LogP contribution in [0.25, 0.3) is 11.3 Å². The molecule has 5 N–H and O–H groups in total. The second kappa shape index (κ2) is 27.8. The number of thioether (sulfide) groups is 1. The van der Waals surface area contributed by atoms with E-state index in [1.54, 1.807) is 65.9 Å². The van der Waals surface area contributed by atoms with Gasteiger partial charge in [0.05, 0.1) is 24.0 Å². The van der Waals surface area contributed by atoms with Gasteiger partial charge in [0.15, 0.2) is 0 Å². The number of benzene rings is 3. The monoisotopic (exact) mass is 1090 g/mol. The molecule has 22 heteroatoms. The second-order valence-electron chi connectivity index (χ2n) is 20.4. The van der Waals surface area contributed by atoms with Crippen molar-refractivity contribution in [2.75, 3.05) is 56.1 Å². The summed E-state index contributed by atoms with van der Waals surface area (Å²) in [4.78, 5) is 96.4. The van der Waals surface area contributed by atoms with Gasteiger partial charge in [-0.15, -0.1) is 0 Å². The van der Waals surface area contributed by atoms with E-state index in [-0.39, 0.29) is 98.9 Å². The number of alkyl halides is 1. The second-order valence-corrected chi connectivity index (χ2v) is 21.5. The topological polar surface area (TPSA) is 213 Å². The fourth-order valence-electron chi connectivity index (χ4n) is 8.91. The predicted molar refractivity (Wildman–Crippen MR) is 283 cm³/mol. The number of aromatic nitrogens is 2. The van der Waals surface area contributed by atoms with E-state index in [1.165, 1.54) is 36.0 Å². The van der Waals surface area contributed by atoms with Gasteiger partial charge in [0.25, 0.3) is 11.8 Å². The van der Waals surface area contributed by atoms with Crippen molar-refractivity contribution >= 4 is 59.0 Å². The number of rotatable bonds is 26. The lowest BCUT2D eigenvalue weighted by molar-refractivity contribution is -0.137. The Bertz CT molecular complexity index is 2750. The van der Waals surface area contributed by atoms with Crippen LogP contribution >= 0.6 is 11.8 Å². The summed E-state index contributed by atoms with van der Waals surface area (Å²) in [5.41, 5.74) is 0.849. The maximum Gasteiger partial charge on any atom is 0.407 e. The van der Waals surface area contributed by atoms with Crippen LogP contribution < -0.4 is 26.6 Å². The molecule has 414 valence electrons. The van der Waals surface area contributed by atoms with Crippen LogP contribution in [-0.2, 0) is 46.7 Å². The molecular formula is C55H67F4N9O8S. The van der Waals surface area contributed by atoms with Crippen molar-refractivity contribution in [3.05, 3.63) is 119 Å². The molecule has 1 unspecified atom stereocenters. The lowest BCUT2D eigenvalue weighted by Crippen LogP contribution is -2.51. The zero-order valence-corrected chi connectivity index (χ0v) is 44.7. The summed E-state index contributed by atoms with van der Waals surface area (Å²) < 4.78 is 66.5. The smallest absolute Gasteiger partial charge is 0.407 e. The Kier molecular flexibility index (Phi) is 21.4. The Morgan fingerprint density at radius 2 is 1.61 bits per heavy atom. The van der Waals surface area contributed by atoms with E-state index in [0.717, 1.165) is 23.1 Å². The van der Waals surface area contributed by atoms with Gasteiger partial charge in [-0.05, 0) is 77.8 Å². The minimum Gasteiger partial charge on any atom is -0.445 e. The Hall–Kier alpha value is -7.07. The molecule has 0 radical (unpaired) electrons. The van der Waals surface area contributed by atoms with E-state index < -0.39 is 64.9 Å². The first-order valence-corrected chi connectivity index (χ1v) is 26.7. The number of imide groups is 1. The Morgan fingerprint density at radius 3 is 2.29 bits per heavy atom. The first-order chi connectivity index (χ1) is 36.7. The fourth-order valence-corrected chi connectivity index (χ4v) is 9.64. The molecule has 17 nitrogen and oxygen atoms in total. The number of amides is 7. The first kappa shape index (κ1) is 59.2. The molecule has 3 heterocycles. The summed E-state index contributed by atoms with van der Waals surface area (Å²) >= 11 is 1.24. The summed E-state index contributed by atoms with van der Waals surface area (Å²) in [5.74, 6) is -4.54. The lowest BCUT2D eigenvalue weighted by atomic mass is 9.84. The average Bonchev–Trinajstić information content (AvgIpc) is 4.09. The summed E-state index contributed by atoms with van der Waals surface area (Å²) in [6.45, 7) is 9.72. The maximum absolute atomic E-state index is 15.3. The summed E-state index contributed by atoms with van der Waals surface area (Å²) in [7, 11) is 0. The van der Waals surface area contributed by atoms with Gasteiger partial charge < -0.3 is 40.8 Å². The molecule has 0 saturated carbocycles. The lowest BCUT2D eigenvalue weighted by Gasteiger charge is -2.41. The molecule has 7 amide bonds. The van der Waals surface area contributed by atoms with Crippen LogP contribution in [0.15, 0.2) is 85.1 Å². The summed E-state index contributed by atoms with van der Waals surface area (Å²) in [5, 5.41) is 13.7. The van der Waals surface area contributed by atoms with Crippen molar-refractivity contribution in [1.29, 1.82) is 0 Å². The number of carbonyl (C=O) groups excluding carboxylic acids is 7. The fraction of sp³-hybridized carbons (Fsp3) is 0.455. The number of hydrogen-bond acceptors (Lipinski definition) is 11. The third-order valence-electron chi connectivity index (χ3n) is 12.9. The Labute approximate surface area is 449 Å². The van der Waals surface area contributed by atoms with Crippen molar-refractivity contribution in [3.63, 3.8) is 0 Å². The molecule has 1 saturated heterocycles. The van der Waals surface area contributed by atoms with Gasteiger partial charge in [-0.3, -0.25) is 33.7 Å². The van der Waals surface area contributed by atoms with Gasteiger partial charge in [-0.1, -0.05) is 65.3 Å². The predicted octanol–water partition coefficient (Wildman–Crippen LogP) is 6.83. The third-order valence-corrected chi connectivity index (χ3v) is 13.8. The van der Waals surface area contributed by atoms with Crippen LogP contribution in [-0.4, -0.2) is 124 Å². The number of unbranched alkanes of at least 4 members (excludes halogenated alkanes) is 2. The number of carbonyl (C=O) groups is 7. The molecule has 2 aliphatic heterocycles. The van der Waals surface area contributed by atoms with Crippen molar-refractivity contribution in [2.24, 2.45) is 17.3 Å². The molecule has 3 aromatic carbocycles. The highest BCUT2D eigenvalue weighted by Gasteiger charge is 2.41. The van der Waals surface area contributed by atoms with Crippen LogP contribution in [0.5, 0.6) is 0 Å². The van der Waals surface area contributed by atoms with E-state index in [0.29, 0.717) is 54.2 Å². The van der Waals surface area contributed by atoms with Crippen molar-refractivity contribution in [2.45, 2.75) is 91.7 Å². The van der Waals surface area contributed by atoms with E-state index in [9.17, 15) is 42.3 Å². The molecule has 1 fully saturated rings. The summed E-state index contributed by atoms with van der Waals surface area (Å²) in [6, 6.07) is 13.8. The van der Waals surface area contributed by atoms with Crippen LogP contribution in [0.2, 0.25) is 0 Å². The number of halogens is 4.